The Kier molecular flexibility index (Phi) is 7.38. The standard InChI is InChI=1S/C35H42N2O3/c1-3-5-6-30-19-28-18-23(8-14-33(39)40)7-13-31(28)34(37(30)32(38)4-2)27-9-11-29(12-10-27)36-35-20-24-15-25(21-35)17-26(16-24)22-35/h2,7,9-13,18,24-26,30,34,36H,3,5-6,8,14-17,19-22H2,1H3,(H,39,40)/t24?,25?,26?,30-,34-,35?/m0/s1. The molecule has 40 heavy (non-hydrogen) atoms. The van der Waals surface area contributed by atoms with E-state index in [1.807, 2.05) is 11.0 Å². The smallest absolute Gasteiger partial charge is 0.303 e. The molecule has 1 heterocycles. The molecule has 0 aromatic heterocycles. The second-order valence-corrected chi connectivity index (χ2v) is 13.1. The Morgan fingerprint density at radius 1 is 1.05 bits per heavy atom. The third-order valence-corrected chi connectivity index (χ3v) is 10.2. The van der Waals surface area contributed by atoms with Crippen molar-refractivity contribution in [3.8, 4) is 12.3 Å². The largest absolute Gasteiger partial charge is 0.481 e. The molecule has 5 nitrogen and oxygen atoms in total. The Labute approximate surface area is 238 Å². The highest BCUT2D eigenvalue weighted by molar-refractivity contribution is 5.94. The van der Waals surface area contributed by atoms with Crippen LogP contribution < -0.4 is 5.32 Å². The van der Waals surface area contributed by atoms with Gasteiger partial charge in [0.1, 0.15) is 0 Å². The minimum absolute atomic E-state index is 0.0144. The average molecular weight is 539 g/mol. The lowest BCUT2D eigenvalue weighted by Crippen LogP contribution is -2.54. The number of fused-ring (bicyclic) bond motifs is 1. The minimum Gasteiger partial charge on any atom is -0.481 e. The van der Waals surface area contributed by atoms with E-state index >= 15 is 0 Å². The van der Waals surface area contributed by atoms with Crippen LogP contribution in [0.2, 0.25) is 0 Å². The maximum atomic E-state index is 13.3. The van der Waals surface area contributed by atoms with Crippen molar-refractivity contribution in [2.45, 2.75) is 102 Å². The summed E-state index contributed by atoms with van der Waals surface area (Å²) in [5.41, 5.74) is 5.81. The summed E-state index contributed by atoms with van der Waals surface area (Å²) in [6, 6.07) is 14.8. The molecule has 7 rings (SSSR count). The topological polar surface area (TPSA) is 69.6 Å². The van der Waals surface area contributed by atoms with Crippen LogP contribution in [-0.4, -0.2) is 33.5 Å². The monoisotopic (exact) mass is 538 g/mol. The molecule has 4 fully saturated rings. The molecular weight excluding hydrogens is 496 g/mol. The Morgan fingerprint density at radius 3 is 2.33 bits per heavy atom. The lowest BCUT2D eigenvalue weighted by Gasteiger charge is -2.57. The number of aryl methyl sites for hydroxylation is 1. The predicted octanol–water partition coefficient (Wildman–Crippen LogP) is 6.75. The summed E-state index contributed by atoms with van der Waals surface area (Å²) >= 11 is 0. The molecule has 0 radical (unpaired) electrons. The number of unbranched alkanes of at least 4 members (excludes halogenated alkanes) is 1. The van der Waals surface area contributed by atoms with Gasteiger partial charge in [0.25, 0.3) is 5.91 Å². The van der Waals surface area contributed by atoms with E-state index < -0.39 is 5.97 Å². The fourth-order valence-electron chi connectivity index (χ4n) is 8.92. The van der Waals surface area contributed by atoms with E-state index in [2.05, 4.69) is 54.6 Å². The van der Waals surface area contributed by atoms with Gasteiger partial charge in [0.05, 0.1) is 6.04 Å². The summed E-state index contributed by atoms with van der Waals surface area (Å²) in [6.45, 7) is 2.17. The summed E-state index contributed by atoms with van der Waals surface area (Å²) < 4.78 is 0. The van der Waals surface area contributed by atoms with Gasteiger partial charge < -0.3 is 15.3 Å². The van der Waals surface area contributed by atoms with Gasteiger partial charge in [-0.15, -0.1) is 6.42 Å². The summed E-state index contributed by atoms with van der Waals surface area (Å²) in [5.74, 6) is 4.04. The van der Waals surface area contributed by atoms with Crippen LogP contribution in [0.3, 0.4) is 0 Å². The Hall–Kier alpha value is -3.26. The number of carbonyl (C=O) groups is 2. The van der Waals surface area contributed by atoms with Crippen LogP contribution in [0.1, 0.15) is 99.4 Å². The van der Waals surface area contributed by atoms with E-state index in [4.69, 9.17) is 6.42 Å². The van der Waals surface area contributed by atoms with Crippen molar-refractivity contribution >= 4 is 17.6 Å². The van der Waals surface area contributed by atoms with Crippen LogP contribution in [0.5, 0.6) is 0 Å². The van der Waals surface area contributed by atoms with Gasteiger partial charge in [-0.2, -0.15) is 0 Å². The number of aliphatic carboxylic acids is 1. The number of hydrogen-bond donors (Lipinski definition) is 2. The molecule has 0 saturated heterocycles. The number of nitrogens with one attached hydrogen (secondary N) is 1. The van der Waals surface area contributed by atoms with Crippen molar-refractivity contribution < 1.29 is 14.7 Å². The lowest BCUT2D eigenvalue weighted by atomic mass is 9.53. The normalized spacial score (nSPS) is 30.0. The fourth-order valence-corrected chi connectivity index (χ4v) is 8.92. The first-order chi connectivity index (χ1) is 19.4. The first kappa shape index (κ1) is 26.9. The summed E-state index contributed by atoms with van der Waals surface area (Å²) in [4.78, 5) is 26.4. The highest BCUT2D eigenvalue weighted by Gasteiger charge is 2.51. The number of carbonyl (C=O) groups excluding carboxylic acids is 1. The molecule has 1 aliphatic heterocycles. The third kappa shape index (κ3) is 5.26. The Bertz CT molecular complexity index is 1270. The first-order valence-corrected chi connectivity index (χ1v) is 15.4. The highest BCUT2D eigenvalue weighted by atomic mass is 16.4. The van der Waals surface area contributed by atoms with Crippen LogP contribution in [0.25, 0.3) is 0 Å². The molecule has 2 atom stereocenters. The Morgan fingerprint density at radius 2 is 1.73 bits per heavy atom. The van der Waals surface area contributed by atoms with Crippen molar-refractivity contribution in [1.29, 1.82) is 0 Å². The van der Waals surface area contributed by atoms with Crippen molar-refractivity contribution in [3.63, 3.8) is 0 Å². The summed E-state index contributed by atoms with van der Waals surface area (Å²) in [7, 11) is 0. The van der Waals surface area contributed by atoms with Crippen LogP contribution in [0.4, 0.5) is 5.69 Å². The number of nitrogens with zero attached hydrogens (tertiary/aromatic N) is 1. The molecule has 210 valence electrons. The molecule has 2 N–H and O–H groups in total. The van der Waals surface area contributed by atoms with Crippen molar-refractivity contribution in [2.24, 2.45) is 17.8 Å². The number of carboxylic acid groups (broad SMARTS) is 1. The van der Waals surface area contributed by atoms with Crippen molar-refractivity contribution in [3.05, 3.63) is 64.7 Å². The third-order valence-electron chi connectivity index (χ3n) is 10.2. The van der Waals surface area contributed by atoms with Gasteiger partial charge in [-0.05, 0) is 116 Å². The second kappa shape index (κ2) is 11.0. The molecular formula is C35H42N2O3. The zero-order chi connectivity index (χ0) is 27.9. The van der Waals surface area contributed by atoms with Crippen molar-refractivity contribution in [1.82, 2.24) is 4.90 Å². The van der Waals surface area contributed by atoms with Gasteiger partial charge in [0.15, 0.2) is 0 Å². The van der Waals surface area contributed by atoms with Gasteiger partial charge in [0.2, 0.25) is 0 Å². The van der Waals surface area contributed by atoms with Gasteiger partial charge in [-0.1, -0.05) is 50.1 Å². The molecule has 5 aliphatic rings. The lowest BCUT2D eigenvalue weighted by molar-refractivity contribution is -0.137. The van der Waals surface area contributed by atoms with Crippen LogP contribution in [-0.2, 0) is 22.4 Å². The van der Waals surface area contributed by atoms with Gasteiger partial charge >= 0.3 is 5.97 Å². The molecule has 0 unspecified atom stereocenters. The fraction of sp³-hybridized carbons (Fsp3) is 0.543. The number of rotatable bonds is 9. The van der Waals surface area contributed by atoms with Crippen LogP contribution >= 0.6 is 0 Å². The maximum Gasteiger partial charge on any atom is 0.303 e. The zero-order valence-electron chi connectivity index (χ0n) is 23.7. The molecule has 4 aliphatic carbocycles. The number of amides is 1. The molecule has 4 bridgehead atoms. The molecule has 0 spiro atoms. The molecule has 4 saturated carbocycles. The number of benzene rings is 2. The van der Waals surface area contributed by atoms with Gasteiger partial charge in [0, 0.05) is 23.7 Å². The SMILES string of the molecule is C#CC(=O)N1[C@@H](CCCC)Cc2cc(CCC(=O)O)ccc2[C@@H]1c1ccc(NC23CC4CC(CC(C4)C2)C3)cc1. The van der Waals surface area contributed by atoms with E-state index in [0.717, 1.165) is 60.1 Å². The Balaban J connectivity index is 1.31. The van der Waals surface area contributed by atoms with E-state index in [-0.39, 0.29) is 30.0 Å². The maximum absolute atomic E-state index is 13.3. The first-order valence-electron chi connectivity index (χ1n) is 15.4. The van der Waals surface area contributed by atoms with Gasteiger partial charge in [-0.25, -0.2) is 0 Å². The molecule has 5 heteroatoms. The van der Waals surface area contributed by atoms with Crippen molar-refractivity contribution in [2.75, 3.05) is 5.32 Å². The summed E-state index contributed by atoms with van der Waals surface area (Å²) in [6.07, 6.45) is 18.2. The van der Waals surface area contributed by atoms with E-state index in [0.29, 0.717) is 6.42 Å². The number of carboxylic acids is 1. The predicted molar refractivity (Wildman–Crippen MR) is 158 cm³/mol. The minimum atomic E-state index is -0.788. The van der Waals surface area contributed by atoms with E-state index in [1.54, 1.807) is 0 Å². The van der Waals surface area contributed by atoms with Crippen LogP contribution in [0, 0.1) is 30.1 Å². The number of terminal acetylenes is 1. The van der Waals surface area contributed by atoms with Gasteiger partial charge in [-0.3, -0.25) is 9.59 Å². The molecule has 2 aromatic rings. The van der Waals surface area contributed by atoms with Crippen LogP contribution in [0.15, 0.2) is 42.5 Å². The molecule has 2 aromatic carbocycles. The van der Waals surface area contributed by atoms with E-state index in [9.17, 15) is 14.7 Å². The number of anilines is 1. The summed E-state index contributed by atoms with van der Waals surface area (Å²) in [5, 5.41) is 13.2. The average Bonchev–Trinajstić information content (AvgIpc) is 2.93. The highest BCUT2D eigenvalue weighted by Crippen LogP contribution is 2.56. The van der Waals surface area contributed by atoms with E-state index in [1.165, 1.54) is 49.8 Å². The zero-order valence-corrected chi connectivity index (χ0v) is 23.7. The quantitative estimate of drug-likeness (QED) is 0.347. The number of hydrogen-bond acceptors (Lipinski definition) is 3. The second-order valence-electron chi connectivity index (χ2n) is 13.1. The molecule has 1 amide bonds.